The van der Waals surface area contributed by atoms with E-state index in [2.05, 4.69) is 14.9 Å². The van der Waals surface area contributed by atoms with E-state index >= 15 is 0 Å². The average molecular weight is 230 g/mol. The van der Waals surface area contributed by atoms with Crippen molar-refractivity contribution < 1.29 is 9.53 Å². The summed E-state index contributed by atoms with van der Waals surface area (Å²) < 4.78 is 6.33. The molecule has 1 aromatic rings. The maximum atomic E-state index is 11.0. The molecule has 1 aromatic heterocycles. The van der Waals surface area contributed by atoms with Gasteiger partial charge in [0.15, 0.2) is 5.16 Å². The van der Waals surface area contributed by atoms with Crippen molar-refractivity contribution in [3.63, 3.8) is 0 Å². The SMILES string of the molecule is COC(=O)C(N)CCSc1nncn1C. The summed E-state index contributed by atoms with van der Waals surface area (Å²) in [5.74, 6) is 0.330. The number of hydrogen-bond acceptors (Lipinski definition) is 6. The van der Waals surface area contributed by atoms with E-state index in [-0.39, 0.29) is 5.97 Å². The highest BCUT2D eigenvalue weighted by atomic mass is 32.2. The Morgan fingerprint density at radius 3 is 3.07 bits per heavy atom. The zero-order chi connectivity index (χ0) is 11.3. The van der Waals surface area contributed by atoms with Gasteiger partial charge in [-0.2, -0.15) is 0 Å². The minimum Gasteiger partial charge on any atom is -0.468 e. The molecular formula is C8H14N4O2S. The highest BCUT2D eigenvalue weighted by molar-refractivity contribution is 7.99. The van der Waals surface area contributed by atoms with Crippen molar-refractivity contribution in [1.29, 1.82) is 0 Å². The molecule has 0 radical (unpaired) electrons. The Morgan fingerprint density at radius 2 is 2.53 bits per heavy atom. The van der Waals surface area contributed by atoms with Gasteiger partial charge < -0.3 is 15.0 Å². The van der Waals surface area contributed by atoms with Gasteiger partial charge in [-0.25, -0.2) is 0 Å². The molecule has 1 unspecified atom stereocenters. The number of carbonyl (C=O) groups excluding carboxylic acids is 1. The second-order valence-corrected chi connectivity index (χ2v) is 4.05. The second kappa shape index (κ2) is 5.72. The number of rotatable bonds is 5. The molecule has 0 aliphatic heterocycles. The van der Waals surface area contributed by atoms with Gasteiger partial charge in [-0.05, 0) is 6.42 Å². The molecule has 0 bridgehead atoms. The molecule has 0 amide bonds. The predicted octanol–water partition coefficient (Wildman–Crippen LogP) is -0.202. The summed E-state index contributed by atoms with van der Waals surface area (Å²) in [6, 6.07) is -0.560. The summed E-state index contributed by atoms with van der Waals surface area (Å²) in [6.45, 7) is 0. The van der Waals surface area contributed by atoms with E-state index in [1.165, 1.54) is 18.9 Å². The summed E-state index contributed by atoms with van der Waals surface area (Å²) in [5, 5.41) is 8.45. The molecule has 0 fully saturated rings. The van der Waals surface area contributed by atoms with Gasteiger partial charge in [0.2, 0.25) is 0 Å². The molecule has 6 nitrogen and oxygen atoms in total. The number of methoxy groups -OCH3 is 1. The zero-order valence-electron chi connectivity index (χ0n) is 8.71. The van der Waals surface area contributed by atoms with E-state index < -0.39 is 6.04 Å². The van der Waals surface area contributed by atoms with Crippen LogP contribution in [0, 0.1) is 0 Å². The van der Waals surface area contributed by atoms with Crippen molar-refractivity contribution in [2.24, 2.45) is 12.8 Å². The summed E-state index contributed by atoms with van der Waals surface area (Å²) in [7, 11) is 3.20. The monoisotopic (exact) mass is 230 g/mol. The smallest absolute Gasteiger partial charge is 0.322 e. The Morgan fingerprint density at radius 1 is 1.80 bits per heavy atom. The van der Waals surface area contributed by atoms with Gasteiger partial charge in [-0.3, -0.25) is 4.79 Å². The highest BCUT2D eigenvalue weighted by Gasteiger charge is 2.13. The third-order valence-corrected chi connectivity index (χ3v) is 2.90. The zero-order valence-corrected chi connectivity index (χ0v) is 9.53. The number of ether oxygens (including phenoxy) is 1. The van der Waals surface area contributed by atoms with E-state index in [0.717, 1.165) is 5.16 Å². The van der Waals surface area contributed by atoms with Gasteiger partial charge in [0.05, 0.1) is 7.11 Å². The lowest BCUT2D eigenvalue weighted by Crippen LogP contribution is -2.31. The number of aromatic nitrogens is 3. The van der Waals surface area contributed by atoms with Gasteiger partial charge >= 0.3 is 5.97 Å². The maximum Gasteiger partial charge on any atom is 0.322 e. The molecule has 1 atom stereocenters. The lowest BCUT2D eigenvalue weighted by molar-refractivity contribution is -0.142. The predicted molar refractivity (Wildman–Crippen MR) is 56.3 cm³/mol. The van der Waals surface area contributed by atoms with E-state index in [1.807, 2.05) is 11.6 Å². The lowest BCUT2D eigenvalue weighted by atomic mass is 10.2. The van der Waals surface area contributed by atoms with Crippen molar-refractivity contribution in [1.82, 2.24) is 14.8 Å². The Kier molecular flexibility index (Phi) is 4.57. The van der Waals surface area contributed by atoms with Crippen molar-refractivity contribution in [2.75, 3.05) is 12.9 Å². The highest BCUT2D eigenvalue weighted by Crippen LogP contribution is 2.14. The summed E-state index contributed by atoms with van der Waals surface area (Å²) in [6.07, 6.45) is 2.19. The number of carbonyl (C=O) groups is 1. The molecule has 1 rings (SSSR count). The van der Waals surface area contributed by atoms with Gasteiger partial charge in [0.1, 0.15) is 12.4 Å². The molecule has 0 saturated heterocycles. The molecule has 0 aromatic carbocycles. The number of thioether (sulfide) groups is 1. The number of nitrogens with two attached hydrogens (primary N) is 1. The van der Waals surface area contributed by atoms with Crippen LogP contribution in [0.4, 0.5) is 0 Å². The molecule has 0 aliphatic carbocycles. The van der Waals surface area contributed by atoms with Crippen LogP contribution in [0.15, 0.2) is 11.5 Å². The second-order valence-electron chi connectivity index (χ2n) is 2.99. The average Bonchev–Trinajstić information content (AvgIpc) is 2.63. The summed E-state index contributed by atoms with van der Waals surface area (Å²) >= 11 is 1.51. The Labute approximate surface area is 92.2 Å². The largest absolute Gasteiger partial charge is 0.468 e. The third-order valence-electron chi connectivity index (χ3n) is 1.83. The quantitative estimate of drug-likeness (QED) is 0.557. The number of aryl methyl sites for hydroxylation is 1. The van der Waals surface area contributed by atoms with E-state index in [4.69, 9.17) is 5.73 Å². The van der Waals surface area contributed by atoms with Crippen molar-refractivity contribution in [3.8, 4) is 0 Å². The van der Waals surface area contributed by atoms with Gasteiger partial charge in [0.25, 0.3) is 0 Å². The lowest BCUT2D eigenvalue weighted by Gasteiger charge is -2.07. The van der Waals surface area contributed by atoms with E-state index in [1.54, 1.807) is 6.33 Å². The van der Waals surface area contributed by atoms with Crippen molar-refractivity contribution >= 4 is 17.7 Å². The first-order valence-corrected chi connectivity index (χ1v) is 5.44. The van der Waals surface area contributed by atoms with Crippen LogP contribution >= 0.6 is 11.8 Å². The molecule has 0 spiro atoms. The normalized spacial score (nSPS) is 12.5. The standard InChI is InChI=1S/C8H14N4O2S/c1-12-5-10-11-8(12)15-4-3-6(9)7(13)14-2/h5-6H,3-4,9H2,1-2H3. The van der Waals surface area contributed by atoms with E-state index in [9.17, 15) is 4.79 Å². The Balaban J connectivity index is 2.28. The van der Waals surface area contributed by atoms with Crippen LogP contribution in [-0.2, 0) is 16.6 Å². The molecule has 2 N–H and O–H groups in total. The van der Waals surface area contributed by atoms with Gasteiger partial charge in [-0.15, -0.1) is 10.2 Å². The molecule has 1 heterocycles. The van der Waals surface area contributed by atoms with Crippen LogP contribution in [0.25, 0.3) is 0 Å². The van der Waals surface area contributed by atoms with Crippen LogP contribution in [0.2, 0.25) is 0 Å². The maximum absolute atomic E-state index is 11.0. The van der Waals surface area contributed by atoms with Crippen LogP contribution in [-0.4, -0.2) is 39.6 Å². The van der Waals surface area contributed by atoms with Crippen molar-refractivity contribution in [3.05, 3.63) is 6.33 Å². The first-order chi connectivity index (χ1) is 7.15. The van der Waals surface area contributed by atoms with Crippen LogP contribution in [0.3, 0.4) is 0 Å². The summed E-state index contributed by atoms with van der Waals surface area (Å²) in [5.41, 5.74) is 5.57. The summed E-state index contributed by atoms with van der Waals surface area (Å²) in [4.78, 5) is 11.0. The molecular weight excluding hydrogens is 216 g/mol. The van der Waals surface area contributed by atoms with E-state index in [0.29, 0.717) is 12.2 Å². The fraction of sp³-hybridized carbons (Fsp3) is 0.625. The Bertz CT molecular complexity index is 328. The van der Waals surface area contributed by atoms with Crippen LogP contribution in [0.5, 0.6) is 0 Å². The molecule has 0 aliphatic rings. The number of nitrogens with zero attached hydrogens (tertiary/aromatic N) is 3. The number of esters is 1. The third kappa shape index (κ3) is 3.52. The topological polar surface area (TPSA) is 83.0 Å². The molecule has 7 heteroatoms. The molecule has 15 heavy (non-hydrogen) atoms. The fourth-order valence-electron chi connectivity index (χ4n) is 0.950. The van der Waals surface area contributed by atoms with Crippen LogP contribution < -0.4 is 5.73 Å². The van der Waals surface area contributed by atoms with Crippen LogP contribution in [0.1, 0.15) is 6.42 Å². The van der Waals surface area contributed by atoms with Crippen molar-refractivity contribution in [2.45, 2.75) is 17.6 Å². The van der Waals surface area contributed by atoms with Gasteiger partial charge in [0, 0.05) is 12.8 Å². The fourth-order valence-corrected chi connectivity index (χ4v) is 1.86. The number of hydrogen-bond donors (Lipinski definition) is 1. The minimum atomic E-state index is -0.560. The first kappa shape index (κ1) is 12.0. The minimum absolute atomic E-state index is 0.381. The van der Waals surface area contributed by atoms with Gasteiger partial charge in [-0.1, -0.05) is 11.8 Å². The molecule has 84 valence electrons. The first-order valence-electron chi connectivity index (χ1n) is 4.45. The Hall–Kier alpha value is -1.08. The molecule has 0 saturated carbocycles.